The van der Waals surface area contributed by atoms with E-state index >= 15 is 0 Å². The van der Waals surface area contributed by atoms with Gasteiger partial charge in [0.2, 0.25) is 5.91 Å². The Labute approximate surface area is 154 Å². The van der Waals surface area contributed by atoms with Crippen LogP contribution < -0.4 is 10.2 Å². The minimum Gasteiger partial charge on any atom is -0.326 e. The summed E-state index contributed by atoms with van der Waals surface area (Å²) in [5.74, 6) is -0.138. The van der Waals surface area contributed by atoms with E-state index in [4.69, 9.17) is 0 Å². The van der Waals surface area contributed by atoms with Gasteiger partial charge in [0.1, 0.15) is 0 Å². The van der Waals surface area contributed by atoms with Gasteiger partial charge in [-0.1, -0.05) is 29.5 Å². The topological polar surface area (TPSA) is 75.8 Å². The zero-order valence-electron chi connectivity index (χ0n) is 14.3. The predicted molar refractivity (Wildman–Crippen MR) is 104 cm³/mol. The first-order valence-corrected chi connectivity index (χ1v) is 9.01. The molecular formula is C19H18N4O2S. The lowest BCUT2D eigenvalue weighted by molar-refractivity contribution is -0.116. The number of aryl methyl sites for hydroxylation is 1. The van der Waals surface area contributed by atoms with Crippen molar-refractivity contribution in [2.24, 2.45) is 10.2 Å². The lowest BCUT2D eigenvalue weighted by Crippen LogP contribution is -2.20. The fourth-order valence-electron chi connectivity index (χ4n) is 2.33. The van der Waals surface area contributed by atoms with Crippen LogP contribution in [-0.2, 0) is 11.3 Å². The number of hydrogen-bond donors (Lipinski definition) is 1. The maximum atomic E-state index is 12.1. The second-order valence-corrected chi connectivity index (χ2v) is 6.50. The molecule has 132 valence electrons. The normalized spacial score (nSPS) is 11.0. The Balaban J connectivity index is 1.54. The van der Waals surface area contributed by atoms with Crippen LogP contribution >= 0.6 is 11.3 Å². The van der Waals surface area contributed by atoms with E-state index < -0.39 is 0 Å². The highest BCUT2D eigenvalue weighted by atomic mass is 32.1. The third-order valence-electron chi connectivity index (χ3n) is 3.73. The molecule has 0 atom stereocenters. The highest BCUT2D eigenvalue weighted by molar-refractivity contribution is 7.07. The van der Waals surface area contributed by atoms with E-state index in [9.17, 15) is 9.59 Å². The van der Waals surface area contributed by atoms with Crippen molar-refractivity contribution in [3.05, 3.63) is 75.3 Å². The molecule has 0 bridgehead atoms. The molecule has 3 rings (SSSR count). The van der Waals surface area contributed by atoms with Crippen LogP contribution in [0.15, 0.2) is 75.0 Å². The molecule has 0 radical (unpaired) electrons. The molecule has 1 heterocycles. The number of aromatic nitrogens is 1. The van der Waals surface area contributed by atoms with E-state index in [1.807, 2.05) is 37.3 Å². The standard InChI is InChI=1S/C19H18N4O2S/c1-14-13-26-19(25)23(14)12-11-18(24)20-15-7-9-17(10-8-15)22-21-16-5-3-2-4-6-16/h2-10,13H,11-12H2,1H3,(H,20,24). The number of amides is 1. The minimum absolute atomic E-state index is 0.0385. The van der Waals surface area contributed by atoms with Crippen LogP contribution in [0.4, 0.5) is 17.1 Å². The van der Waals surface area contributed by atoms with Gasteiger partial charge in [-0.3, -0.25) is 9.59 Å². The summed E-state index contributed by atoms with van der Waals surface area (Å²) in [6.07, 6.45) is 0.243. The fraction of sp³-hybridized carbons (Fsp3) is 0.158. The molecule has 3 aromatic rings. The summed E-state index contributed by atoms with van der Waals surface area (Å²) in [5.41, 5.74) is 3.04. The largest absolute Gasteiger partial charge is 0.326 e. The van der Waals surface area contributed by atoms with Gasteiger partial charge in [-0.2, -0.15) is 10.2 Å². The van der Waals surface area contributed by atoms with Gasteiger partial charge in [-0.15, -0.1) is 0 Å². The Morgan fingerprint density at radius 1 is 1.04 bits per heavy atom. The second-order valence-electron chi connectivity index (χ2n) is 5.68. The van der Waals surface area contributed by atoms with Crippen LogP contribution in [0.2, 0.25) is 0 Å². The molecule has 1 N–H and O–H groups in total. The molecule has 0 aliphatic carbocycles. The first-order chi connectivity index (χ1) is 12.6. The first-order valence-electron chi connectivity index (χ1n) is 8.13. The molecule has 0 saturated carbocycles. The molecule has 6 nitrogen and oxygen atoms in total. The number of rotatable bonds is 6. The van der Waals surface area contributed by atoms with Crippen molar-refractivity contribution in [3.8, 4) is 0 Å². The van der Waals surface area contributed by atoms with Crippen molar-refractivity contribution in [1.82, 2.24) is 4.57 Å². The second kappa shape index (κ2) is 8.35. The van der Waals surface area contributed by atoms with Gasteiger partial charge in [0.25, 0.3) is 0 Å². The fourth-order valence-corrected chi connectivity index (χ4v) is 3.09. The van der Waals surface area contributed by atoms with Crippen molar-refractivity contribution in [3.63, 3.8) is 0 Å². The minimum atomic E-state index is -0.138. The molecule has 26 heavy (non-hydrogen) atoms. The SMILES string of the molecule is Cc1csc(=O)n1CCC(=O)Nc1ccc(N=Nc2ccccc2)cc1. The lowest BCUT2D eigenvalue weighted by atomic mass is 10.2. The van der Waals surface area contributed by atoms with Crippen LogP contribution in [0.1, 0.15) is 12.1 Å². The number of azo groups is 1. The number of nitrogens with one attached hydrogen (secondary N) is 1. The summed E-state index contributed by atoms with van der Waals surface area (Å²) in [7, 11) is 0. The average Bonchev–Trinajstić information content (AvgIpc) is 2.98. The predicted octanol–water partition coefficient (Wildman–Crippen LogP) is 4.66. The molecule has 0 aliphatic heterocycles. The van der Waals surface area contributed by atoms with Crippen LogP contribution in [-0.4, -0.2) is 10.5 Å². The van der Waals surface area contributed by atoms with Crippen LogP contribution in [0.3, 0.4) is 0 Å². The first kappa shape index (κ1) is 17.8. The van der Waals surface area contributed by atoms with Crippen molar-refractivity contribution in [1.29, 1.82) is 0 Å². The molecule has 0 spiro atoms. The molecule has 2 aromatic carbocycles. The van der Waals surface area contributed by atoms with E-state index in [1.54, 1.807) is 34.2 Å². The van der Waals surface area contributed by atoms with Crippen molar-refractivity contribution in [2.45, 2.75) is 19.9 Å². The highest BCUT2D eigenvalue weighted by Gasteiger charge is 2.07. The number of anilines is 1. The number of nitrogens with zero attached hydrogens (tertiary/aromatic N) is 3. The Hall–Kier alpha value is -3.06. The summed E-state index contributed by atoms with van der Waals surface area (Å²) in [4.78, 5) is 23.7. The lowest BCUT2D eigenvalue weighted by Gasteiger charge is -2.06. The average molecular weight is 366 g/mol. The van der Waals surface area contributed by atoms with E-state index in [1.165, 1.54) is 0 Å². The Bertz CT molecular complexity index is 959. The van der Waals surface area contributed by atoms with Gasteiger partial charge in [0.05, 0.1) is 11.4 Å². The third kappa shape index (κ3) is 4.73. The quantitative estimate of drug-likeness (QED) is 0.644. The van der Waals surface area contributed by atoms with E-state index in [0.29, 0.717) is 17.9 Å². The van der Waals surface area contributed by atoms with E-state index in [0.717, 1.165) is 22.7 Å². The van der Waals surface area contributed by atoms with Crippen LogP contribution in [0.5, 0.6) is 0 Å². The van der Waals surface area contributed by atoms with Gasteiger partial charge in [0.15, 0.2) is 0 Å². The zero-order chi connectivity index (χ0) is 18.4. The Morgan fingerprint density at radius 3 is 2.31 bits per heavy atom. The zero-order valence-corrected chi connectivity index (χ0v) is 15.1. The Kier molecular flexibility index (Phi) is 5.70. The summed E-state index contributed by atoms with van der Waals surface area (Å²) < 4.78 is 1.61. The summed E-state index contributed by atoms with van der Waals surface area (Å²) in [6, 6.07) is 16.6. The molecule has 1 amide bonds. The van der Waals surface area contributed by atoms with Gasteiger partial charge in [-0.05, 0) is 43.3 Å². The monoisotopic (exact) mass is 366 g/mol. The van der Waals surface area contributed by atoms with Crippen molar-refractivity contribution >= 4 is 34.3 Å². The van der Waals surface area contributed by atoms with Crippen LogP contribution in [0.25, 0.3) is 0 Å². The summed E-state index contributed by atoms with van der Waals surface area (Å²) in [6.45, 7) is 2.24. The number of benzene rings is 2. The maximum Gasteiger partial charge on any atom is 0.307 e. The molecule has 0 saturated heterocycles. The smallest absolute Gasteiger partial charge is 0.307 e. The summed E-state index contributed by atoms with van der Waals surface area (Å²) >= 11 is 1.15. The third-order valence-corrected chi connectivity index (χ3v) is 4.61. The highest BCUT2D eigenvalue weighted by Crippen LogP contribution is 2.20. The number of carbonyl (C=O) groups is 1. The molecule has 0 fully saturated rings. The van der Waals surface area contributed by atoms with Crippen LogP contribution in [0, 0.1) is 6.92 Å². The van der Waals surface area contributed by atoms with Gasteiger partial charge >= 0.3 is 4.87 Å². The molecule has 7 heteroatoms. The van der Waals surface area contributed by atoms with E-state index in [-0.39, 0.29) is 17.2 Å². The summed E-state index contributed by atoms with van der Waals surface area (Å²) in [5, 5.41) is 12.9. The van der Waals surface area contributed by atoms with E-state index in [2.05, 4.69) is 15.5 Å². The van der Waals surface area contributed by atoms with Crippen molar-refractivity contribution in [2.75, 3.05) is 5.32 Å². The number of hydrogen-bond acceptors (Lipinski definition) is 5. The van der Waals surface area contributed by atoms with Gasteiger partial charge < -0.3 is 9.88 Å². The van der Waals surface area contributed by atoms with Crippen molar-refractivity contribution < 1.29 is 4.79 Å². The Morgan fingerprint density at radius 2 is 1.69 bits per heavy atom. The van der Waals surface area contributed by atoms with Gasteiger partial charge in [0, 0.05) is 29.7 Å². The number of carbonyl (C=O) groups excluding carboxylic acids is 1. The number of thiazole rings is 1. The molecule has 1 aromatic heterocycles. The molecule has 0 aliphatic rings. The molecular weight excluding hydrogens is 348 g/mol. The molecule has 0 unspecified atom stereocenters. The van der Waals surface area contributed by atoms with Gasteiger partial charge in [-0.25, -0.2) is 0 Å². The maximum absolute atomic E-state index is 12.1.